The van der Waals surface area contributed by atoms with Gasteiger partial charge in [-0.15, -0.1) is 0 Å². The SMILES string of the molecule is N#Cc1ccc(C2(C3(c4ccc(C#N)cc4C#N)N=C(c4ccccc4)C(c4ccccc4)=N3)N=C(c3ccccc3)C(c3ccccc3)=N2)c(C#N)c1. The van der Waals surface area contributed by atoms with Crippen LogP contribution in [0.25, 0.3) is 0 Å². The van der Waals surface area contributed by atoms with Crippen LogP contribution in [-0.4, -0.2) is 22.8 Å². The lowest BCUT2D eigenvalue weighted by Gasteiger charge is -2.39. The number of nitriles is 4. The van der Waals surface area contributed by atoms with Crippen LogP contribution in [0.1, 0.15) is 55.6 Å². The summed E-state index contributed by atoms with van der Waals surface area (Å²) in [6.07, 6.45) is 0. The molecular formula is C46H26N8. The second-order valence-electron chi connectivity index (χ2n) is 12.6. The van der Waals surface area contributed by atoms with Gasteiger partial charge in [0.1, 0.15) is 0 Å². The highest BCUT2D eigenvalue weighted by Crippen LogP contribution is 2.56. The van der Waals surface area contributed by atoms with Crippen LogP contribution in [0.2, 0.25) is 0 Å². The first-order valence-electron chi connectivity index (χ1n) is 17.1. The molecule has 6 aromatic carbocycles. The summed E-state index contributed by atoms with van der Waals surface area (Å²) in [6, 6.07) is 57.1. The fourth-order valence-electron chi connectivity index (χ4n) is 7.05. The van der Waals surface area contributed by atoms with E-state index in [-0.39, 0.29) is 22.3 Å². The summed E-state index contributed by atoms with van der Waals surface area (Å²) in [4.78, 5) is 22.3. The van der Waals surface area contributed by atoms with Gasteiger partial charge in [-0.05, 0) is 24.3 Å². The molecule has 8 rings (SSSR count). The van der Waals surface area contributed by atoms with E-state index in [4.69, 9.17) is 20.0 Å². The second-order valence-corrected chi connectivity index (χ2v) is 12.6. The first-order valence-corrected chi connectivity index (χ1v) is 17.1. The smallest absolute Gasteiger partial charge is 0.227 e. The van der Waals surface area contributed by atoms with Gasteiger partial charge in [0.2, 0.25) is 11.3 Å². The van der Waals surface area contributed by atoms with Gasteiger partial charge in [0.05, 0.1) is 69.4 Å². The molecule has 8 heteroatoms. The van der Waals surface area contributed by atoms with E-state index in [9.17, 15) is 21.0 Å². The van der Waals surface area contributed by atoms with Crippen molar-refractivity contribution in [2.24, 2.45) is 20.0 Å². The minimum atomic E-state index is -1.86. The molecule has 8 nitrogen and oxygen atoms in total. The van der Waals surface area contributed by atoms with Gasteiger partial charge < -0.3 is 0 Å². The first-order chi connectivity index (χ1) is 26.5. The van der Waals surface area contributed by atoms with Crippen LogP contribution in [0.4, 0.5) is 0 Å². The second kappa shape index (κ2) is 13.6. The van der Waals surface area contributed by atoms with Crippen LogP contribution in [-0.2, 0) is 11.3 Å². The zero-order valence-electron chi connectivity index (χ0n) is 28.6. The van der Waals surface area contributed by atoms with Crippen molar-refractivity contribution in [2.45, 2.75) is 11.3 Å². The predicted molar refractivity (Wildman–Crippen MR) is 207 cm³/mol. The summed E-state index contributed by atoms with van der Waals surface area (Å²) in [6.45, 7) is 0. The Labute approximate surface area is 312 Å². The van der Waals surface area contributed by atoms with Gasteiger partial charge in [-0.1, -0.05) is 133 Å². The Morgan fingerprint density at radius 1 is 0.333 bits per heavy atom. The molecule has 0 radical (unpaired) electrons. The zero-order chi connectivity index (χ0) is 37.1. The van der Waals surface area contributed by atoms with Crippen molar-refractivity contribution in [3.8, 4) is 24.3 Å². The Morgan fingerprint density at radius 3 is 0.852 bits per heavy atom. The van der Waals surface area contributed by atoms with Crippen LogP contribution in [0.3, 0.4) is 0 Å². The standard InChI is InChI=1S/C46H26N8/c47-27-31-21-23-39(37(25-31)29-49)45(51-41(33-13-5-1-6-14-33)42(52-45)34-15-7-2-8-16-34)46(40-24-22-32(28-48)26-38(40)30-50)53-43(35-17-9-3-10-18-35)44(54-46)36-19-11-4-12-20-36/h1-26H. The normalized spacial score (nSPS) is 15.0. The highest BCUT2D eigenvalue weighted by atomic mass is 15.3. The van der Waals surface area contributed by atoms with E-state index in [0.29, 0.717) is 34.0 Å². The van der Waals surface area contributed by atoms with Gasteiger partial charge >= 0.3 is 0 Å². The number of benzene rings is 6. The summed E-state index contributed by atoms with van der Waals surface area (Å²) in [5.41, 5.74) is 2.99. The molecule has 0 aromatic heterocycles. The largest absolute Gasteiger partial charge is 0.243 e. The van der Waals surface area contributed by atoms with Gasteiger partial charge in [-0.25, -0.2) is 20.0 Å². The van der Waals surface area contributed by atoms with Crippen molar-refractivity contribution >= 4 is 22.8 Å². The quantitative estimate of drug-likeness (QED) is 0.166. The molecule has 2 heterocycles. The van der Waals surface area contributed by atoms with E-state index in [1.54, 1.807) is 24.3 Å². The number of hydrogen-bond donors (Lipinski definition) is 0. The van der Waals surface area contributed by atoms with Gasteiger partial charge in [0.15, 0.2) is 0 Å². The number of nitrogens with zero attached hydrogens (tertiary/aromatic N) is 8. The minimum absolute atomic E-state index is 0.148. The van der Waals surface area contributed by atoms with E-state index in [1.807, 2.05) is 121 Å². The van der Waals surface area contributed by atoms with Crippen molar-refractivity contribution in [1.29, 1.82) is 21.0 Å². The first kappa shape index (κ1) is 33.1. The predicted octanol–water partition coefficient (Wildman–Crippen LogP) is 8.16. The maximum Gasteiger partial charge on any atom is 0.227 e. The topological polar surface area (TPSA) is 145 Å². The Hall–Kier alpha value is -8.04. The van der Waals surface area contributed by atoms with Crippen molar-refractivity contribution in [3.63, 3.8) is 0 Å². The molecule has 0 unspecified atom stereocenters. The third-order valence-corrected chi connectivity index (χ3v) is 9.51. The maximum atomic E-state index is 10.8. The monoisotopic (exact) mass is 690 g/mol. The molecule has 2 aliphatic rings. The fourth-order valence-corrected chi connectivity index (χ4v) is 7.05. The van der Waals surface area contributed by atoms with E-state index in [2.05, 4.69) is 24.3 Å². The Balaban J connectivity index is 1.61. The third kappa shape index (κ3) is 5.37. The summed E-state index contributed by atoms with van der Waals surface area (Å²) >= 11 is 0. The number of aliphatic imine (C=N–C) groups is 4. The summed E-state index contributed by atoms with van der Waals surface area (Å²) < 4.78 is 0. The molecule has 0 atom stereocenters. The summed E-state index contributed by atoms with van der Waals surface area (Å²) in [5, 5.41) is 41.4. The Kier molecular flexibility index (Phi) is 8.34. The van der Waals surface area contributed by atoms with E-state index < -0.39 is 11.3 Å². The molecule has 6 aromatic rings. The van der Waals surface area contributed by atoms with Crippen LogP contribution >= 0.6 is 0 Å². The fraction of sp³-hybridized carbons (Fsp3) is 0.0435. The molecule has 0 saturated carbocycles. The molecule has 0 N–H and O–H groups in total. The molecular weight excluding hydrogens is 665 g/mol. The molecule has 0 amide bonds. The van der Waals surface area contributed by atoms with Crippen LogP contribution in [0.5, 0.6) is 0 Å². The molecule has 0 aliphatic carbocycles. The molecule has 0 fully saturated rings. The van der Waals surface area contributed by atoms with Crippen molar-refractivity contribution in [2.75, 3.05) is 0 Å². The van der Waals surface area contributed by atoms with Crippen molar-refractivity contribution < 1.29 is 0 Å². The van der Waals surface area contributed by atoms with Gasteiger partial charge in [0, 0.05) is 33.4 Å². The highest BCUT2D eigenvalue weighted by molar-refractivity contribution is 6.55. The average molecular weight is 691 g/mol. The Bertz CT molecular complexity index is 2430. The van der Waals surface area contributed by atoms with Gasteiger partial charge in [-0.2, -0.15) is 21.0 Å². The number of rotatable bonds is 7. The zero-order valence-corrected chi connectivity index (χ0v) is 28.6. The van der Waals surface area contributed by atoms with E-state index >= 15 is 0 Å². The highest BCUT2D eigenvalue weighted by Gasteiger charge is 2.62. The van der Waals surface area contributed by atoms with Gasteiger partial charge in [-0.3, -0.25) is 0 Å². The van der Waals surface area contributed by atoms with E-state index in [0.717, 1.165) is 22.3 Å². The molecule has 54 heavy (non-hydrogen) atoms. The molecule has 0 saturated heterocycles. The molecule has 2 aliphatic heterocycles. The van der Waals surface area contributed by atoms with Crippen LogP contribution in [0.15, 0.2) is 178 Å². The van der Waals surface area contributed by atoms with E-state index in [1.165, 1.54) is 12.1 Å². The lowest BCUT2D eigenvalue weighted by Crippen LogP contribution is -2.44. The molecule has 0 spiro atoms. The van der Waals surface area contributed by atoms with Crippen molar-refractivity contribution in [1.82, 2.24) is 0 Å². The van der Waals surface area contributed by atoms with Crippen LogP contribution in [0, 0.1) is 45.3 Å². The number of hydrogen-bond acceptors (Lipinski definition) is 8. The lowest BCUT2D eigenvalue weighted by molar-refractivity contribution is 0.256. The summed E-state index contributed by atoms with van der Waals surface area (Å²) in [7, 11) is 0. The van der Waals surface area contributed by atoms with Gasteiger partial charge in [0.25, 0.3) is 0 Å². The molecule has 250 valence electrons. The minimum Gasteiger partial charge on any atom is -0.243 e. The molecule has 0 bridgehead atoms. The average Bonchev–Trinajstić information content (AvgIpc) is 3.87. The van der Waals surface area contributed by atoms with Crippen molar-refractivity contribution in [3.05, 3.63) is 213 Å². The summed E-state index contributed by atoms with van der Waals surface area (Å²) in [5.74, 6) is 0. The lowest BCUT2D eigenvalue weighted by atomic mass is 9.78. The Morgan fingerprint density at radius 2 is 0.611 bits per heavy atom. The third-order valence-electron chi connectivity index (χ3n) is 9.51. The van der Waals surface area contributed by atoms with Crippen LogP contribution < -0.4 is 0 Å². The maximum absolute atomic E-state index is 10.8.